The van der Waals surface area contributed by atoms with Gasteiger partial charge in [0.2, 0.25) is 0 Å². The normalized spacial score (nSPS) is 16.6. The molecule has 1 aliphatic carbocycles. The van der Waals surface area contributed by atoms with Crippen molar-refractivity contribution < 1.29 is 22.7 Å². The van der Waals surface area contributed by atoms with Crippen molar-refractivity contribution >= 4 is 29.4 Å². The molecule has 0 atom stereocenters. The number of nitrogens with one attached hydrogen (secondary N) is 2. The molecule has 0 bridgehead atoms. The first-order valence-corrected chi connectivity index (χ1v) is 10.6. The van der Waals surface area contributed by atoms with E-state index >= 15 is 0 Å². The lowest BCUT2D eigenvalue weighted by molar-refractivity contribution is -0.274. The summed E-state index contributed by atoms with van der Waals surface area (Å²) in [5.41, 5.74) is 2.72. The van der Waals surface area contributed by atoms with Gasteiger partial charge in [-0.15, -0.1) is 13.2 Å². The number of aromatic nitrogens is 2. The van der Waals surface area contributed by atoms with Gasteiger partial charge in [0.05, 0.1) is 5.69 Å². The number of halogens is 3. The van der Waals surface area contributed by atoms with E-state index in [-0.39, 0.29) is 16.4 Å². The van der Waals surface area contributed by atoms with E-state index in [1.807, 2.05) is 32.9 Å². The summed E-state index contributed by atoms with van der Waals surface area (Å²) in [6.45, 7) is 6.04. The summed E-state index contributed by atoms with van der Waals surface area (Å²) in [6, 6.07) is 5.40. The highest BCUT2D eigenvalue weighted by atomic mass is 32.2. The second-order valence-electron chi connectivity index (χ2n) is 7.96. The maximum Gasteiger partial charge on any atom is 0.573 e. The molecule has 1 aliphatic rings. The Morgan fingerprint density at radius 3 is 2.47 bits per heavy atom. The second-order valence-corrected chi connectivity index (χ2v) is 9.59. The van der Waals surface area contributed by atoms with Crippen molar-refractivity contribution in [2.45, 2.75) is 44.7 Å². The van der Waals surface area contributed by atoms with Gasteiger partial charge >= 0.3 is 6.36 Å². The van der Waals surface area contributed by atoms with Gasteiger partial charge in [0.25, 0.3) is 5.91 Å². The molecule has 2 N–H and O–H groups in total. The zero-order chi connectivity index (χ0) is 23.4. The van der Waals surface area contributed by atoms with Crippen LogP contribution in [0, 0.1) is 0 Å². The third kappa shape index (κ3) is 7.01. The summed E-state index contributed by atoms with van der Waals surface area (Å²) < 4.78 is 43.6. The van der Waals surface area contributed by atoms with Gasteiger partial charge in [-0.2, -0.15) is 0 Å². The van der Waals surface area contributed by atoms with Crippen LogP contribution < -0.4 is 14.8 Å². The molecule has 0 fully saturated rings. The number of fused-ring (bicyclic) bond motifs is 1. The molecule has 1 aromatic carbocycles. The first-order chi connectivity index (χ1) is 15.0. The number of allylic oxidation sites excluding steroid dienone is 2. The Balaban J connectivity index is 1.73. The molecule has 32 heavy (non-hydrogen) atoms. The maximum absolute atomic E-state index is 12.5. The summed E-state index contributed by atoms with van der Waals surface area (Å²) in [6.07, 6.45) is 3.05. The number of hydrogen-bond acceptors (Lipinski definition) is 6. The van der Waals surface area contributed by atoms with Crippen LogP contribution in [-0.2, 0) is 17.6 Å². The molecule has 0 aliphatic heterocycles. The Bertz CT molecular complexity index is 1030. The molecule has 2 aromatic rings. The number of benzene rings is 1. The average Bonchev–Trinajstić information content (AvgIpc) is 2.67. The van der Waals surface area contributed by atoms with Crippen LogP contribution in [0.2, 0.25) is 0 Å². The fourth-order valence-corrected chi connectivity index (χ4v) is 3.35. The van der Waals surface area contributed by atoms with Gasteiger partial charge in [-0.05, 0) is 63.4 Å². The van der Waals surface area contributed by atoms with Gasteiger partial charge in [-0.1, -0.05) is 18.2 Å². The second kappa shape index (κ2) is 9.64. The van der Waals surface area contributed by atoms with Crippen LogP contribution in [0.25, 0.3) is 0 Å². The number of carbonyl (C=O) groups excluding carboxylic acids is 1. The molecule has 0 spiro atoms. The largest absolute Gasteiger partial charge is 0.573 e. The van der Waals surface area contributed by atoms with E-state index in [4.69, 9.17) is 0 Å². The summed E-state index contributed by atoms with van der Waals surface area (Å²) in [5.74, 6) is 0.0801. The van der Waals surface area contributed by atoms with E-state index in [1.54, 1.807) is 6.08 Å². The predicted molar refractivity (Wildman–Crippen MR) is 119 cm³/mol. The van der Waals surface area contributed by atoms with Gasteiger partial charge in [-0.25, -0.2) is 9.97 Å². The van der Waals surface area contributed by atoms with E-state index < -0.39 is 6.36 Å². The number of anilines is 2. The number of carbonyl (C=O) groups is 1. The Labute approximate surface area is 188 Å². The molecule has 0 radical (unpaired) electrons. The number of ether oxygens (including phenoxy) is 1. The first-order valence-electron chi connectivity index (χ1n) is 9.81. The molecule has 1 heterocycles. The number of amides is 1. The van der Waals surface area contributed by atoms with Gasteiger partial charge in [-0.3, -0.25) is 9.52 Å². The van der Waals surface area contributed by atoms with E-state index in [0.717, 1.165) is 11.3 Å². The Morgan fingerprint density at radius 2 is 1.81 bits per heavy atom. The average molecular weight is 465 g/mol. The van der Waals surface area contributed by atoms with Crippen LogP contribution in [0.5, 0.6) is 5.75 Å². The van der Waals surface area contributed by atoms with Crippen LogP contribution >= 0.6 is 11.9 Å². The molecular formula is C22H23F3N4O2S. The molecular weight excluding hydrogens is 441 g/mol. The molecule has 170 valence electrons. The molecule has 1 amide bonds. The summed E-state index contributed by atoms with van der Waals surface area (Å²) in [5, 5.41) is 3.12. The zero-order valence-corrected chi connectivity index (χ0v) is 18.6. The quantitative estimate of drug-likeness (QED) is 0.588. The van der Waals surface area contributed by atoms with Crippen LogP contribution in [0.4, 0.5) is 24.7 Å². The van der Waals surface area contributed by atoms with Crippen molar-refractivity contribution in [2.24, 2.45) is 0 Å². The van der Waals surface area contributed by atoms with Gasteiger partial charge in [0.1, 0.15) is 17.9 Å². The van der Waals surface area contributed by atoms with Gasteiger partial charge < -0.3 is 10.1 Å². The van der Waals surface area contributed by atoms with Crippen molar-refractivity contribution in [3.8, 4) is 5.75 Å². The number of nitrogens with zero attached hydrogens (tertiary/aromatic N) is 2. The summed E-state index contributed by atoms with van der Waals surface area (Å²) in [7, 11) is 0. The van der Waals surface area contributed by atoms with Gasteiger partial charge in [0.15, 0.2) is 0 Å². The third-order valence-corrected chi connectivity index (χ3v) is 5.13. The van der Waals surface area contributed by atoms with E-state index in [9.17, 15) is 18.0 Å². The number of alkyl halides is 3. The summed E-state index contributed by atoms with van der Waals surface area (Å²) in [4.78, 5) is 21.1. The van der Waals surface area contributed by atoms with E-state index in [2.05, 4.69) is 24.7 Å². The fourth-order valence-electron chi connectivity index (χ4n) is 2.83. The monoisotopic (exact) mass is 464 g/mol. The zero-order valence-electron chi connectivity index (χ0n) is 17.8. The van der Waals surface area contributed by atoms with Crippen LogP contribution in [-0.4, -0.2) is 27.0 Å². The summed E-state index contributed by atoms with van der Waals surface area (Å²) >= 11 is 1.36. The minimum Gasteiger partial charge on any atom is -0.406 e. The standard InChI is InChI=1S/C22H23F3N4O2S/c1-21(2,3)32-29-20(30)14-5-4-6-17-18(12-7-14)26-13-27-19(17)28-15-8-10-16(11-9-15)31-22(23,24)25/h4-5,7-11,13H,6,12H2,1-3H3,(H,29,30)(H,26,27,28)/b5-4-,14-7+. The molecule has 1 aromatic heterocycles. The van der Waals surface area contributed by atoms with Crippen molar-refractivity contribution in [1.29, 1.82) is 0 Å². The highest BCUT2D eigenvalue weighted by Gasteiger charge is 2.31. The van der Waals surface area contributed by atoms with Crippen LogP contribution in [0.1, 0.15) is 32.0 Å². The van der Waals surface area contributed by atoms with Crippen molar-refractivity contribution in [2.75, 3.05) is 5.32 Å². The minimum atomic E-state index is -4.74. The smallest absolute Gasteiger partial charge is 0.406 e. The van der Waals surface area contributed by atoms with Crippen LogP contribution in [0.3, 0.4) is 0 Å². The molecule has 0 unspecified atom stereocenters. The Morgan fingerprint density at radius 1 is 1.09 bits per heavy atom. The SMILES string of the molecule is CC(C)(C)SNC(=O)C1=C/Cc2ncnc(Nc3ccc(OC(F)(F)F)cc3)c2C/C=C\1. The maximum atomic E-state index is 12.5. The highest BCUT2D eigenvalue weighted by molar-refractivity contribution is 7.99. The minimum absolute atomic E-state index is 0.0982. The van der Waals surface area contributed by atoms with Crippen LogP contribution in [0.15, 0.2) is 54.4 Å². The third-order valence-electron chi connectivity index (χ3n) is 4.23. The number of rotatable bonds is 5. The molecule has 6 nitrogen and oxygen atoms in total. The van der Waals surface area contributed by atoms with Crippen molar-refractivity contribution in [3.05, 3.63) is 65.7 Å². The molecule has 3 rings (SSSR count). The van der Waals surface area contributed by atoms with Gasteiger partial charge in [0, 0.05) is 28.0 Å². The molecule has 0 saturated carbocycles. The van der Waals surface area contributed by atoms with E-state index in [0.29, 0.717) is 29.9 Å². The fraction of sp³-hybridized carbons (Fsp3) is 0.318. The lowest BCUT2D eigenvalue weighted by Crippen LogP contribution is -2.24. The topological polar surface area (TPSA) is 76.1 Å². The predicted octanol–water partition coefficient (Wildman–Crippen LogP) is 5.26. The Kier molecular flexibility index (Phi) is 7.12. The highest BCUT2D eigenvalue weighted by Crippen LogP contribution is 2.27. The van der Waals surface area contributed by atoms with Crippen molar-refractivity contribution in [1.82, 2.24) is 14.7 Å². The Hall–Kier alpha value is -3.01. The lowest BCUT2D eigenvalue weighted by Gasteiger charge is -2.18. The molecule has 0 saturated heterocycles. The first kappa shape index (κ1) is 23.6. The molecule has 10 heteroatoms. The van der Waals surface area contributed by atoms with E-state index in [1.165, 1.54) is 42.5 Å². The lowest BCUT2D eigenvalue weighted by atomic mass is 10.0. The van der Waals surface area contributed by atoms with Crippen molar-refractivity contribution in [3.63, 3.8) is 0 Å². The number of hydrogen-bond donors (Lipinski definition) is 2.